The lowest BCUT2D eigenvalue weighted by Crippen LogP contribution is -2.45. The zero-order valence-electron chi connectivity index (χ0n) is 10.3. The summed E-state index contributed by atoms with van der Waals surface area (Å²) < 4.78 is 5.19. The van der Waals surface area contributed by atoms with Crippen molar-refractivity contribution in [3.63, 3.8) is 0 Å². The number of carbonyl (C=O) groups excluding carboxylic acids is 1. The van der Waals surface area contributed by atoms with Crippen molar-refractivity contribution in [1.29, 1.82) is 0 Å². The molecule has 0 radical (unpaired) electrons. The maximum Gasteiger partial charge on any atom is 0.222 e. The number of likely N-dealkylation sites (tertiary alicyclic amines) is 1. The van der Waals surface area contributed by atoms with Crippen LogP contribution in [0.25, 0.3) is 0 Å². The van der Waals surface area contributed by atoms with Crippen molar-refractivity contribution in [3.8, 4) is 0 Å². The number of hydrogen-bond donors (Lipinski definition) is 1. The van der Waals surface area contributed by atoms with Crippen LogP contribution in [0.2, 0.25) is 0 Å². The Kier molecular flexibility index (Phi) is 5.77. The van der Waals surface area contributed by atoms with Crippen LogP contribution in [0.3, 0.4) is 0 Å². The number of piperidine rings is 1. The quantitative estimate of drug-likeness (QED) is 0.716. The van der Waals surface area contributed by atoms with Gasteiger partial charge in [0, 0.05) is 32.7 Å². The molecule has 1 rings (SSSR count). The number of hydrogen-bond acceptors (Lipinski definition) is 3. The molecule has 1 amide bonds. The first-order valence-corrected chi connectivity index (χ1v) is 6.18. The van der Waals surface area contributed by atoms with E-state index in [1.807, 2.05) is 13.8 Å². The van der Waals surface area contributed by atoms with E-state index >= 15 is 0 Å². The van der Waals surface area contributed by atoms with Gasteiger partial charge in [0.25, 0.3) is 0 Å². The van der Waals surface area contributed by atoms with Crippen molar-refractivity contribution in [2.24, 2.45) is 5.92 Å². The average Bonchev–Trinajstić information content (AvgIpc) is 2.28. The third-order valence-electron chi connectivity index (χ3n) is 3.15. The Labute approximate surface area is 97.6 Å². The molecule has 4 heteroatoms. The molecule has 1 N–H and O–H groups in total. The third kappa shape index (κ3) is 4.10. The molecule has 1 saturated heterocycles. The minimum Gasteiger partial charge on any atom is -0.391 e. The summed E-state index contributed by atoms with van der Waals surface area (Å²) in [4.78, 5) is 13.5. The van der Waals surface area contributed by atoms with Gasteiger partial charge in [0.1, 0.15) is 0 Å². The van der Waals surface area contributed by atoms with E-state index in [2.05, 4.69) is 0 Å². The third-order valence-corrected chi connectivity index (χ3v) is 3.15. The maximum atomic E-state index is 11.8. The van der Waals surface area contributed by atoms with Gasteiger partial charge in [-0.2, -0.15) is 0 Å². The second kappa shape index (κ2) is 6.86. The largest absolute Gasteiger partial charge is 0.391 e. The first-order chi connectivity index (χ1) is 7.65. The van der Waals surface area contributed by atoms with Crippen LogP contribution in [0.1, 0.15) is 33.1 Å². The second-order valence-electron chi connectivity index (χ2n) is 4.47. The van der Waals surface area contributed by atoms with Gasteiger partial charge in [-0.3, -0.25) is 4.79 Å². The van der Waals surface area contributed by atoms with Crippen LogP contribution in [0.5, 0.6) is 0 Å². The Bertz CT molecular complexity index is 220. The van der Waals surface area contributed by atoms with Crippen molar-refractivity contribution in [3.05, 3.63) is 0 Å². The highest BCUT2D eigenvalue weighted by atomic mass is 16.5. The van der Waals surface area contributed by atoms with E-state index in [-0.39, 0.29) is 12.0 Å². The predicted molar refractivity (Wildman–Crippen MR) is 62.1 cm³/mol. The molecule has 0 aliphatic carbocycles. The number of carbonyl (C=O) groups is 1. The second-order valence-corrected chi connectivity index (χ2v) is 4.47. The first-order valence-electron chi connectivity index (χ1n) is 6.18. The highest BCUT2D eigenvalue weighted by Gasteiger charge is 2.26. The van der Waals surface area contributed by atoms with Crippen molar-refractivity contribution in [1.82, 2.24) is 4.90 Å². The number of β-amino-alcohol motifs (C(OH)–C–C–N with tert-alkyl or cyclic N) is 1. The van der Waals surface area contributed by atoms with Gasteiger partial charge in [0.05, 0.1) is 6.10 Å². The summed E-state index contributed by atoms with van der Waals surface area (Å²) in [7, 11) is 0. The smallest absolute Gasteiger partial charge is 0.222 e. The molecular weight excluding hydrogens is 206 g/mol. The SMILES string of the molecule is CCOCCCC(=O)N1CCC(C)C(O)C1. The number of rotatable bonds is 5. The fourth-order valence-corrected chi connectivity index (χ4v) is 1.90. The van der Waals surface area contributed by atoms with Crippen LogP contribution < -0.4 is 0 Å². The molecule has 16 heavy (non-hydrogen) atoms. The van der Waals surface area contributed by atoms with E-state index < -0.39 is 0 Å². The first kappa shape index (κ1) is 13.5. The fraction of sp³-hybridized carbons (Fsp3) is 0.917. The van der Waals surface area contributed by atoms with Crippen LogP contribution in [0.4, 0.5) is 0 Å². The van der Waals surface area contributed by atoms with Crippen LogP contribution in [0.15, 0.2) is 0 Å². The van der Waals surface area contributed by atoms with Crippen molar-refractivity contribution >= 4 is 5.91 Å². The van der Waals surface area contributed by atoms with Gasteiger partial charge in [0.2, 0.25) is 5.91 Å². The van der Waals surface area contributed by atoms with Gasteiger partial charge < -0.3 is 14.7 Å². The number of amides is 1. The average molecular weight is 229 g/mol. The van der Waals surface area contributed by atoms with Gasteiger partial charge in [-0.1, -0.05) is 6.92 Å². The standard InChI is InChI=1S/C12H23NO3/c1-3-16-8-4-5-12(15)13-7-6-10(2)11(14)9-13/h10-11,14H,3-9H2,1-2H3. The molecule has 1 aliphatic heterocycles. The summed E-state index contributed by atoms with van der Waals surface area (Å²) in [6.45, 7) is 6.61. The Morgan fingerprint density at radius 2 is 2.31 bits per heavy atom. The fourth-order valence-electron chi connectivity index (χ4n) is 1.90. The molecule has 0 spiro atoms. The van der Waals surface area contributed by atoms with Crippen LogP contribution in [0, 0.1) is 5.92 Å². The summed E-state index contributed by atoms with van der Waals surface area (Å²) in [5.41, 5.74) is 0. The van der Waals surface area contributed by atoms with Crippen LogP contribution in [-0.4, -0.2) is 48.3 Å². The number of aliphatic hydroxyl groups is 1. The summed E-state index contributed by atoms with van der Waals surface area (Å²) >= 11 is 0. The normalized spacial score (nSPS) is 25.8. The monoisotopic (exact) mass is 229 g/mol. The Morgan fingerprint density at radius 3 is 2.94 bits per heavy atom. The topological polar surface area (TPSA) is 49.8 Å². The Morgan fingerprint density at radius 1 is 1.56 bits per heavy atom. The molecule has 2 atom stereocenters. The van der Waals surface area contributed by atoms with E-state index in [1.54, 1.807) is 4.90 Å². The minimum atomic E-state index is -0.357. The molecule has 2 unspecified atom stereocenters. The van der Waals surface area contributed by atoms with Gasteiger partial charge in [0.15, 0.2) is 0 Å². The van der Waals surface area contributed by atoms with E-state index in [4.69, 9.17) is 4.74 Å². The zero-order chi connectivity index (χ0) is 12.0. The molecular formula is C12H23NO3. The highest BCUT2D eigenvalue weighted by Crippen LogP contribution is 2.17. The molecule has 4 nitrogen and oxygen atoms in total. The van der Waals surface area contributed by atoms with E-state index in [1.165, 1.54) is 0 Å². The lowest BCUT2D eigenvalue weighted by Gasteiger charge is -2.34. The van der Waals surface area contributed by atoms with Crippen LogP contribution in [-0.2, 0) is 9.53 Å². The molecule has 1 fully saturated rings. The van der Waals surface area contributed by atoms with E-state index in [9.17, 15) is 9.90 Å². The Balaban J connectivity index is 2.21. The van der Waals surface area contributed by atoms with Gasteiger partial charge >= 0.3 is 0 Å². The zero-order valence-corrected chi connectivity index (χ0v) is 10.3. The predicted octanol–water partition coefficient (Wildman–Crippen LogP) is 1.03. The van der Waals surface area contributed by atoms with E-state index in [0.29, 0.717) is 32.1 Å². The van der Waals surface area contributed by atoms with Crippen molar-refractivity contribution in [2.75, 3.05) is 26.3 Å². The van der Waals surface area contributed by atoms with E-state index in [0.717, 1.165) is 19.4 Å². The number of ether oxygens (including phenoxy) is 1. The summed E-state index contributed by atoms with van der Waals surface area (Å²) in [5.74, 6) is 0.457. The Hall–Kier alpha value is -0.610. The molecule has 0 aromatic heterocycles. The molecule has 1 heterocycles. The molecule has 0 saturated carbocycles. The number of nitrogens with zero attached hydrogens (tertiary/aromatic N) is 1. The van der Waals surface area contributed by atoms with Gasteiger partial charge in [-0.05, 0) is 25.7 Å². The molecule has 0 aromatic rings. The molecule has 0 aromatic carbocycles. The minimum absolute atomic E-state index is 0.144. The van der Waals surface area contributed by atoms with Gasteiger partial charge in [-0.25, -0.2) is 0 Å². The summed E-state index contributed by atoms with van der Waals surface area (Å²) in [5, 5.41) is 9.69. The van der Waals surface area contributed by atoms with Crippen molar-refractivity contribution in [2.45, 2.75) is 39.2 Å². The van der Waals surface area contributed by atoms with Crippen LogP contribution >= 0.6 is 0 Å². The molecule has 94 valence electrons. The summed E-state index contributed by atoms with van der Waals surface area (Å²) in [6.07, 6.45) is 1.85. The van der Waals surface area contributed by atoms with Crippen molar-refractivity contribution < 1.29 is 14.6 Å². The molecule has 1 aliphatic rings. The lowest BCUT2D eigenvalue weighted by atomic mass is 9.96. The maximum absolute atomic E-state index is 11.8. The molecule has 0 bridgehead atoms. The number of aliphatic hydroxyl groups excluding tert-OH is 1. The lowest BCUT2D eigenvalue weighted by molar-refractivity contribution is -0.135. The van der Waals surface area contributed by atoms with Gasteiger partial charge in [-0.15, -0.1) is 0 Å². The summed E-state index contributed by atoms with van der Waals surface area (Å²) in [6, 6.07) is 0. The highest BCUT2D eigenvalue weighted by molar-refractivity contribution is 5.76.